The first-order valence-electron chi connectivity index (χ1n) is 5.06. The van der Waals surface area contributed by atoms with Gasteiger partial charge in [0, 0.05) is 5.39 Å². The molecule has 1 N–H and O–H groups in total. The lowest BCUT2D eigenvalue weighted by Gasteiger charge is -2.09. The number of fused-ring (bicyclic) bond motifs is 1. The van der Waals surface area contributed by atoms with Crippen molar-refractivity contribution in [1.29, 1.82) is 0 Å². The minimum atomic E-state index is -3.45. The monoisotopic (exact) mass is 273 g/mol. The van der Waals surface area contributed by atoms with Gasteiger partial charge in [-0.3, -0.25) is 0 Å². The number of hydrogen-bond donors (Lipinski definition) is 1. The predicted molar refractivity (Wildman–Crippen MR) is 67.4 cm³/mol. The van der Waals surface area contributed by atoms with Crippen LogP contribution in [0.5, 0.6) is 0 Å². The van der Waals surface area contributed by atoms with Crippen molar-refractivity contribution in [1.82, 2.24) is 4.72 Å². The predicted octanol–water partition coefficient (Wildman–Crippen LogP) is 2.61. The molecule has 92 valence electrons. The van der Waals surface area contributed by atoms with Gasteiger partial charge in [0.1, 0.15) is 16.6 Å². The zero-order valence-electron chi connectivity index (χ0n) is 9.18. The summed E-state index contributed by atoms with van der Waals surface area (Å²) in [4.78, 5) is 0. The molecule has 0 amide bonds. The van der Waals surface area contributed by atoms with Gasteiger partial charge in [-0.05, 0) is 19.1 Å². The van der Waals surface area contributed by atoms with Crippen molar-refractivity contribution in [3.63, 3.8) is 0 Å². The fraction of sp³-hybridized carbons (Fsp3) is 0.273. The summed E-state index contributed by atoms with van der Waals surface area (Å²) >= 11 is 5.32. The van der Waals surface area contributed by atoms with Crippen LogP contribution in [0.2, 0.25) is 0 Å². The Balaban J connectivity index is 2.28. The summed E-state index contributed by atoms with van der Waals surface area (Å²) in [6.07, 6.45) is 0. The minimum absolute atomic E-state index is 0.439. The quantitative estimate of drug-likeness (QED) is 0.871. The Morgan fingerprint density at radius 3 is 2.76 bits per heavy atom. The van der Waals surface area contributed by atoms with Crippen LogP contribution >= 0.6 is 11.6 Å². The van der Waals surface area contributed by atoms with E-state index >= 15 is 0 Å². The van der Waals surface area contributed by atoms with E-state index < -0.39 is 21.3 Å². The molecule has 0 spiro atoms. The Bertz CT molecular complexity index is 587. The van der Waals surface area contributed by atoms with Crippen LogP contribution in [-0.4, -0.2) is 13.6 Å². The SMILES string of the molecule is CC(NS(=O)(=O)CCl)c1cc2ccccc2o1. The molecule has 2 aromatic rings. The lowest BCUT2D eigenvalue weighted by atomic mass is 10.2. The Hall–Kier alpha value is -1.04. The van der Waals surface area contributed by atoms with Crippen LogP contribution in [0.25, 0.3) is 11.0 Å². The van der Waals surface area contributed by atoms with Crippen molar-refractivity contribution < 1.29 is 12.8 Å². The van der Waals surface area contributed by atoms with Crippen molar-refractivity contribution in [3.05, 3.63) is 36.1 Å². The van der Waals surface area contributed by atoms with Crippen LogP contribution in [0.15, 0.2) is 34.7 Å². The van der Waals surface area contributed by atoms with E-state index in [1.165, 1.54) is 0 Å². The van der Waals surface area contributed by atoms with Gasteiger partial charge in [0.2, 0.25) is 10.0 Å². The number of benzene rings is 1. The maximum Gasteiger partial charge on any atom is 0.226 e. The smallest absolute Gasteiger partial charge is 0.226 e. The molecule has 1 atom stereocenters. The third-order valence-electron chi connectivity index (χ3n) is 2.37. The molecule has 17 heavy (non-hydrogen) atoms. The molecule has 2 rings (SSSR count). The van der Waals surface area contributed by atoms with Crippen LogP contribution in [0.3, 0.4) is 0 Å². The van der Waals surface area contributed by atoms with Crippen molar-refractivity contribution in [2.75, 3.05) is 5.21 Å². The highest BCUT2D eigenvalue weighted by Gasteiger charge is 2.17. The number of nitrogens with one attached hydrogen (secondary N) is 1. The zero-order valence-corrected chi connectivity index (χ0v) is 10.8. The van der Waals surface area contributed by atoms with Gasteiger partial charge in [0.05, 0.1) is 6.04 Å². The fourth-order valence-electron chi connectivity index (χ4n) is 1.57. The normalized spacial score (nSPS) is 14.0. The van der Waals surface area contributed by atoms with Crippen LogP contribution < -0.4 is 4.72 Å². The Labute approximate surface area is 105 Å². The molecule has 1 unspecified atom stereocenters. The fourth-order valence-corrected chi connectivity index (χ4v) is 2.48. The van der Waals surface area contributed by atoms with Gasteiger partial charge in [0.25, 0.3) is 0 Å². The number of para-hydroxylation sites is 1. The molecular formula is C11H12ClNO3S. The van der Waals surface area contributed by atoms with Gasteiger partial charge >= 0.3 is 0 Å². The van der Waals surface area contributed by atoms with Crippen LogP contribution in [0.1, 0.15) is 18.7 Å². The van der Waals surface area contributed by atoms with Crippen molar-refractivity contribution >= 4 is 32.6 Å². The van der Waals surface area contributed by atoms with Gasteiger partial charge in [0.15, 0.2) is 0 Å². The first-order valence-corrected chi connectivity index (χ1v) is 7.25. The largest absolute Gasteiger partial charge is 0.459 e. The summed E-state index contributed by atoms with van der Waals surface area (Å²) in [6.45, 7) is 1.71. The van der Waals surface area contributed by atoms with Crippen LogP contribution in [0.4, 0.5) is 0 Å². The highest BCUT2D eigenvalue weighted by Crippen LogP contribution is 2.23. The Morgan fingerprint density at radius 1 is 1.41 bits per heavy atom. The van der Waals surface area contributed by atoms with Crippen LogP contribution in [-0.2, 0) is 10.0 Å². The number of sulfonamides is 1. The first kappa shape index (κ1) is 12.4. The highest BCUT2D eigenvalue weighted by atomic mass is 35.5. The molecule has 0 aliphatic carbocycles. The Morgan fingerprint density at radius 2 is 2.12 bits per heavy atom. The molecule has 0 aliphatic rings. The first-order chi connectivity index (χ1) is 8.02. The average Bonchev–Trinajstić information content (AvgIpc) is 2.72. The van der Waals surface area contributed by atoms with Crippen molar-refractivity contribution in [2.45, 2.75) is 13.0 Å². The summed E-state index contributed by atoms with van der Waals surface area (Å²) in [5.41, 5.74) is 0.736. The minimum Gasteiger partial charge on any atom is -0.459 e. The summed E-state index contributed by atoms with van der Waals surface area (Å²) in [6, 6.07) is 8.88. The second-order valence-corrected chi connectivity index (χ2v) is 6.09. The molecule has 4 nitrogen and oxygen atoms in total. The number of halogens is 1. The summed E-state index contributed by atoms with van der Waals surface area (Å²) in [5.74, 6) is 0.569. The third-order valence-corrected chi connectivity index (χ3v) is 4.23. The number of rotatable bonds is 4. The molecular weight excluding hydrogens is 262 g/mol. The molecule has 0 aliphatic heterocycles. The van der Waals surface area contributed by atoms with Gasteiger partial charge in [-0.15, -0.1) is 11.6 Å². The van der Waals surface area contributed by atoms with Crippen LogP contribution in [0, 0.1) is 0 Å². The summed E-state index contributed by atoms with van der Waals surface area (Å²) < 4.78 is 30.6. The summed E-state index contributed by atoms with van der Waals surface area (Å²) in [7, 11) is -3.45. The summed E-state index contributed by atoms with van der Waals surface area (Å²) in [5, 5.41) is 0.483. The maximum absolute atomic E-state index is 11.3. The second kappa shape index (κ2) is 4.68. The Kier molecular flexibility index (Phi) is 3.42. The number of furan rings is 1. The van der Waals surface area contributed by atoms with E-state index in [2.05, 4.69) is 4.72 Å². The molecule has 6 heteroatoms. The molecule has 0 bridgehead atoms. The second-order valence-electron chi connectivity index (χ2n) is 3.75. The molecule has 0 saturated carbocycles. The lowest BCUT2D eigenvalue weighted by molar-refractivity contribution is 0.486. The third kappa shape index (κ3) is 2.80. The van der Waals surface area contributed by atoms with Gasteiger partial charge in [-0.1, -0.05) is 18.2 Å². The van der Waals surface area contributed by atoms with Gasteiger partial charge in [-0.25, -0.2) is 13.1 Å². The molecule has 1 aromatic carbocycles. The van der Waals surface area contributed by atoms with E-state index in [1.807, 2.05) is 30.3 Å². The topological polar surface area (TPSA) is 59.3 Å². The zero-order chi connectivity index (χ0) is 12.5. The molecule has 0 saturated heterocycles. The number of hydrogen-bond acceptors (Lipinski definition) is 3. The highest BCUT2D eigenvalue weighted by molar-refractivity contribution is 7.90. The molecule has 1 aromatic heterocycles. The van der Waals surface area contributed by atoms with Gasteiger partial charge in [-0.2, -0.15) is 0 Å². The van der Waals surface area contributed by atoms with E-state index in [9.17, 15) is 8.42 Å². The van der Waals surface area contributed by atoms with Crippen molar-refractivity contribution in [3.8, 4) is 0 Å². The lowest BCUT2D eigenvalue weighted by Crippen LogP contribution is -2.27. The molecule has 0 radical (unpaired) electrons. The van der Waals surface area contributed by atoms with Gasteiger partial charge < -0.3 is 4.42 Å². The van der Waals surface area contributed by atoms with E-state index in [-0.39, 0.29) is 0 Å². The average molecular weight is 274 g/mol. The van der Waals surface area contributed by atoms with Crippen molar-refractivity contribution in [2.24, 2.45) is 0 Å². The molecule has 0 fully saturated rings. The number of alkyl halides is 1. The van der Waals surface area contributed by atoms with E-state index in [0.29, 0.717) is 5.76 Å². The maximum atomic E-state index is 11.3. The standard InChI is InChI=1S/C11H12ClNO3S/c1-8(13-17(14,15)7-12)11-6-9-4-2-3-5-10(9)16-11/h2-6,8,13H,7H2,1H3. The molecule has 1 heterocycles. The van der Waals surface area contributed by atoms with E-state index in [0.717, 1.165) is 11.0 Å². The van der Waals surface area contributed by atoms with E-state index in [1.54, 1.807) is 6.92 Å². The van der Waals surface area contributed by atoms with E-state index in [4.69, 9.17) is 16.0 Å².